The van der Waals surface area contributed by atoms with Gasteiger partial charge in [-0.15, -0.1) is 0 Å². The van der Waals surface area contributed by atoms with Gasteiger partial charge in [-0.05, 0) is 13.0 Å². The predicted octanol–water partition coefficient (Wildman–Crippen LogP) is 0.469. The number of nitro groups is 1. The molecular weight excluding hydrogens is 268 g/mol. The lowest BCUT2D eigenvalue weighted by Gasteiger charge is -2.14. The van der Waals surface area contributed by atoms with Gasteiger partial charge >= 0.3 is 5.97 Å². The Labute approximate surface area is 114 Å². The van der Waals surface area contributed by atoms with E-state index in [9.17, 15) is 19.7 Å². The largest absolute Gasteiger partial charge is 0.480 e. The summed E-state index contributed by atoms with van der Waals surface area (Å²) in [5, 5.41) is 30.6. The van der Waals surface area contributed by atoms with Crippen LogP contribution in [0.25, 0.3) is 0 Å². The maximum Gasteiger partial charge on any atom is 0.326 e. The van der Waals surface area contributed by atoms with E-state index >= 15 is 0 Å². The van der Waals surface area contributed by atoms with Crippen molar-refractivity contribution in [3.05, 3.63) is 39.4 Å². The average molecular weight is 282 g/mol. The molecule has 0 aliphatic carbocycles. The van der Waals surface area contributed by atoms with Gasteiger partial charge in [-0.1, -0.05) is 6.07 Å². The third kappa shape index (κ3) is 3.51. The zero-order valence-corrected chi connectivity index (χ0v) is 10.7. The maximum absolute atomic E-state index is 12.0. The van der Waals surface area contributed by atoms with E-state index < -0.39 is 29.4 Å². The highest BCUT2D eigenvalue weighted by Crippen LogP contribution is 2.21. The highest BCUT2D eigenvalue weighted by Gasteiger charge is 2.23. The van der Waals surface area contributed by atoms with Crippen molar-refractivity contribution in [3.8, 4) is 0 Å². The van der Waals surface area contributed by atoms with Crippen LogP contribution in [-0.2, 0) is 4.79 Å². The molecule has 1 rings (SSSR count). The van der Waals surface area contributed by atoms with Gasteiger partial charge in [0, 0.05) is 30.2 Å². The molecule has 0 aliphatic rings. The van der Waals surface area contributed by atoms with Crippen LogP contribution in [-0.4, -0.2) is 39.7 Å². The Balaban J connectivity index is 3.00. The Bertz CT molecular complexity index is 543. The quantitative estimate of drug-likeness (QED) is 0.513. The molecule has 8 heteroatoms. The Morgan fingerprint density at radius 1 is 1.45 bits per heavy atom. The summed E-state index contributed by atoms with van der Waals surface area (Å²) in [5.74, 6) is -2.01. The van der Waals surface area contributed by atoms with Crippen LogP contribution in [0.2, 0.25) is 0 Å². The maximum atomic E-state index is 12.0. The molecule has 0 fully saturated rings. The molecule has 0 unspecified atom stereocenters. The number of hydrogen-bond acceptors (Lipinski definition) is 5. The third-order valence-corrected chi connectivity index (χ3v) is 2.77. The molecule has 0 radical (unpaired) electrons. The number of carboxylic acid groups (broad SMARTS) is 1. The fourth-order valence-electron chi connectivity index (χ4n) is 1.69. The number of rotatable bonds is 6. The molecule has 8 nitrogen and oxygen atoms in total. The Morgan fingerprint density at radius 2 is 2.10 bits per heavy atom. The number of aliphatic hydroxyl groups is 1. The van der Waals surface area contributed by atoms with Gasteiger partial charge in [0.25, 0.3) is 11.6 Å². The normalized spacial score (nSPS) is 11.7. The van der Waals surface area contributed by atoms with Gasteiger partial charge in [0.2, 0.25) is 0 Å². The van der Waals surface area contributed by atoms with Gasteiger partial charge in [-0.3, -0.25) is 14.9 Å². The molecule has 108 valence electrons. The van der Waals surface area contributed by atoms with E-state index in [1.54, 1.807) is 0 Å². The van der Waals surface area contributed by atoms with Crippen molar-refractivity contribution in [2.45, 2.75) is 19.4 Å². The van der Waals surface area contributed by atoms with Crippen LogP contribution in [0.4, 0.5) is 5.69 Å². The summed E-state index contributed by atoms with van der Waals surface area (Å²) in [6.45, 7) is 1.01. The summed E-state index contributed by atoms with van der Waals surface area (Å²) < 4.78 is 0. The van der Waals surface area contributed by atoms with E-state index in [1.807, 2.05) is 0 Å². The van der Waals surface area contributed by atoms with Crippen LogP contribution < -0.4 is 5.32 Å². The zero-order valence-electron chi connectivity index (χ0n) is 10.7. The van der Waals surface area contributed by atoms with Crippen molar-refractivity contribution in [2.24, 2.45) is 0 Å². The number of amides is 1. The first-order valence-electron chi connectivity index (χ1n) is 5.77. The number of nitrogens with zero attached hydrogens (tertiary/aromatic N) is 1. The average Bonchev–Trinajstić information content (AvgIpc) is 2.37. The number of nitrogens with one attached hydrogen (secondary N) is 1. The molecule has 3 N–H and O–H groups in total. The lowest BCUT2D eigenvalue weighted by Crippen LogP contribution is -2.41. The van der Waals surface area contributed by atoms with Gasteiger partial charge in [0.05, 0.1) is 4.92 Å². The molecule has 1 atom stereocenters. The van der Waals surface area contributed by atoms with Crippen molar-refractivity contribution >= 4 is 17.6 Å². The van der Waals surface area contributed by atoms with Crippen LogP contribution in [0, 0.1) is 17.0 Å². The summed E-state index contributed by atoms with van der Waals surface area (Å²) in [5.41, 5.74) is -0.0294. The lowest BCUT2D eigenvalue weighted by molar-refractivity contribution is -0.385. The smallest absolute Gasteiger partial charge is 0.326 e. The number of aliphatic hydroxyl groups excluding tert-OH is 1. The predicted molar refractivity (Wildman–Crippen MR) is 68.4 cm³/mol. The zero-order chi connectivity index (χ0) is 15.3. The number of carbonyl (C=O) groups excluding carboxylic acids is 1. The summed E-state index contributed by atoms with van der Waals surface area (Å²) in [6.07, 6.45) is -0.144. The van der Waals surface area contributed by atoms with E-state index in [2.05, 4.69) is 5.32 Å². The highest BCUT2D eigenvalue weighted by molar-refractivity contribution is 5.98. The molecule has 0 aromatic heterocycles. The van der Waals surface area contributed by atoms with Gasteiger partial charge in [0.1, 0.15) is 6.04 Å². The van der Waals surface area contributed by atoms with E-state index in [0.29, 0.717) is 0 Å². The van der Waals surface area contributed by atoms with Crippen molar-refractivity contribution in [1.29, 1.82) is 0 Å². The third-order valence-electron chi connectivity index (χ3n) is 2.77. The molecule has 1 aromatic carbocycles. The van der Waals surface area contributed by atoms with Crippen LogP contribution in [0.1, 0.15) is 22.3 Å². The number of carboxylic acids is 1. The van der Waals surface area contributed by atoms with Gasteiger partial charge in [0.15, 0.2) is 0 Å². The van der Waals surface area contributed by atoms with Crippen molar-refractivity contribution in [1.82, 2.24) is 5.32 Å². The molecule has 0 saturated carbocycles. The van der Waals surface area contributed by atoms with Gasteiger partial charge < -0.3 is 15.5 Å². The van der Waals surface area contributed by atoms with Crippen LogP contribution in [0.3, 0.4) is 0 Å². The van der Waals surface area contributed by atoms with E-state index in [4.69, 9.17) is 10.2 Å². The monoisotopic (exact) mass is 282 g/mol. The highest BCUT2D eigenvalue weighted by atomic mass is 16.6. The second-order valence-electron chi connectivity index (χ2n) is 4.08. The van der Waals surface area contributed by atoms with Crippen molar-refractivity contribution in [3.63, 3.8) is 0 Å². The molecular formula is C12H14N2O6. The number of aliphatic carboxylic acids is 1. The standard InChI is InChI=1S/C12H14N2O6/c1-7-8(3-2-4-10(7)14(19)20)11(16)13-9(5-6-15)12(17)18/h2-4,9,15H,5-6H2,1H3,(H,13,16)(H,17,18)/t9-/m0/s1. The Kier molecular flexibility index (Phi) is 5.15. The van der Waals surface area contributed by atoms with Crippen LogP contribution in [0.5, 0.6) is 0 Å². The summed E-state index contributed by atoms with van der Waals surface area (Å²) in [6, 6.07) is 2.73. The SMILES string of the molecule is Cc1c(C(=O)N[C@@H](CCO)C(=O)O)cccc1[N+](=O)[O-]. The molecule has 20 heavy (non-hydrogen) atoms. The number of hydrogen-bond donors (Lipinski definition) is 3. The van der Waals surface area contributed by atoms with Gasteiger partial charge in [-0.25, -0.2) is 4.79 Å². The van der Waals surface area contributed by atoms with E-state index in [0.717, 1.165) is 0 Å². The molecule has 1 amide bonds. The Hall–Kier alpha value is -2.48. The molecule has 1 aromatic rings. The van der Waals surface area contributed by atoms with Crippen LogP contribution >= 0.6 is 0 Å². The molecule has 0 aliphatic heterocycles. The molecule has 0 bridgehead atoms. The summed E-state index contributed by atoms with van der Waals surface area (Å²) in [4.78, 5) is 33.0. The first kappa shape index (κ1) is 15.6. The minimum Gasteiger partial charge on any atom is -0.480 e. The van der Waals surface area contributed by atoms with E-state index in [1.165, 1.54) is 25.1 Å². The minimum absolute atomic E-state index is 0.0309. The van der Waals surface area contributed by atoms with Crippen LogP contribution in [0.15, 0.2) is 18.2 Å². The van der Waals surface area contributed by atoms with E-state index in [-0.39, 0.29) is 23.2 Å². The molecule has 0 spiro atoms. The lowest BCUT2D eigenvalue weighted by atomic mass is 10.1. The summed E-state index contributed by atoms with van der Waals surface area (Å²) >= 11 is 0. The minimum atomic E-state index is -1.28. The number of carbonyl (C=O) groups is 2. The van der Waals surface area contributed by atoms with Crippen molar-refractivity contribution < 1.29 is 24.7 Å². The fraction of sp³-hybridized carbons (Fsp3) is 0.333. The first-order chi connectivity index (χ1) is 9.38. The fourth-order valence-corrected chi connectivity index (χ4v) is 1.69. The van der Waals surface area contributed by atoms with Gasteiger partial charge in [-0.2, -0.15) is 0 Å². The Morgan fingerprint density at radius 3 is 2.60 bits per heavy atom. The molecule has 0 heterocycles. The summed E-state index contributed by atoms with van der Waals surface area (Å²) in [7, 11) is 0. The number of nitro benzene ring substituents is 1. The first-order valence-corrected chi connectivity index (χ1v) is 5.77. The second-order valence-corrected chi connectivity index (χ2v) is 4.08. The molecule has 0 saturated heterocycles. The second kappa shape index (κ2) is 6.62. The van der Waals surface area contributed by atoms with Crippen molar-refractivity contribution in [2.75, 3.05) is 6.61 Å². The number of benzene rings is 1. The topological polar surface area (TPSA) is 130 Å².